The molecule has 0 saturated heterocycles. The van der Waals surface area contributed by atoms with E-state index in [9.17, 15) is 0 Å². The van der Waals surface area contributed by atoms with Gasteiger partial charge in [0, 0.05) is 0 Å². The zero-order chi connectivity index (χ0) is 15.1. The summed E-state index contributed by atoms with van der Waals surface area (Å²) < 4.78 is 2.65. The molecule has 5 heteroatoms. The van der Waals surface area contributed by atoms with Gasteiger partial charge in [-0.15, -0.1) is 0 Å². The van der Waals surface area contributed by atoms with Crippen LogP contribution in [0.25, 0.3) is 16.7 Å². The number of benzene rings is 2. The number of H-pyrrole nitrogens is 1. The highest BCUT2D eigenvalue weighted by atomic mass is 35.5. The van der Waals surface area contributed by atoms with Crippen molar-refractivity contribution in [3.63, 3.8) is 0 Å². The Balaban J connectivity index is 2.38. The van der Waals surface area contributed by atoms with Gasteiger partial charge in [-0.05, 0) is 41.9 Å². The van der Waals surface area contributed by atoms with Gasteiger partial charge in [0.25, 0.3) is 0 Å². The molecular weight excluding hydrogens is 323 g/mol. The number of hydrogen-bond donors (Lipinski definition) is 1. The van der Waals surface area contributed by atoms with Crippen LogP contribution in [-0.4, -0.2) is 9.55 Å². The summed E-state index contributed by atoms with van der Waals surface area (Å²) in [5.41, 5.74) is 4.12. The molecule has 0 fully saturated rings. The van der Waals surface area contributed by atoms with E-state index in [1.54, 1.807) is 0 Å². The molecule has 108 valence electrons. The maximum Gasteiger partial charge on any atom is 0.182 e. The van der Waals surface area contributed by atoms with Crippen molar-refractivity contribution in [1.29, 1.82) is 0 Å². The van der Waals surface area contributed by atoms with Crippen LogP contribution in [0.4, 0.5) is 0 Å². The Morgan fingerprint density at radius 2 is 1.76 bits per heavy atom. The summed E-state index contributed by atoms with van der Waals surface area (Å²) in [4.78, 5) is 3.19. The molecule has 3 aromatic rings. The average molecular weight is 337 g/mol. The molecule has 0 amide bonds. The van der Waals surface area contributed by atoms with Gasteiger partial charge in [0.2, 0.25) is 0 Å². The summed E-state index contributed by atoms with van der Waals surface area (Å²) in [7, 11) is 0. The van der Waals surface area contributed by atoms with E-state index in [1.807, 2.05) is 28.8 Å². The first-order valence-electron chi connectivity index (χ1n) is 6.68. The largest absolute Gasteiger partial charge is 0.330 e. The number of aromatic nitrogens is 2. The van der Waals surface area contributed by atoms with E-state index >= 15 is 0 Å². The van der Waals surface area contributed by atoms with Crippen LogP contribution in [0.1, 0.15) is 25.3 Å². The van der Waals surface area contributed by atoms with E-state index in [-0.39, 0.29) is 0 Å². The Hall–Kier alpha value is -1.29. The molecule has 3 rings (SSSR count). The van der Waals surface area contributed by atoms with Crippen molar-refractivity contribution in [2.75, 3.05) is 0 Å². The van der Waals surface area contributed by atoms with E-state index in [0.29, 0.717) is 20.7 Å². The lowest BCUT2D eigenvalue weighted by atomic mass is 10.0. The van der Waals surface area contributed by atoms with Crippen molar-refractivity contribution < 1.29 is 0 Å². The summed E-state index contributed by atoms with van der Waals surface area (Å²) in [6.07, 6.45) is 0. The van der Waals surface area contributed by atoms with Crippen molar-refractivity contribution in [1.82, 2.24) is 9.55 Å². The number of imidazole rings is 1. The summed E-state index contributed by atoms with van der Waals surface area (Å²) in [5.74, 6) is 0.399. The molecule has 1 aromatic heterocycles. The van der Waals surface area contributed by atoms with Crippen molar-refractivity contribution in [2.24, 2.45) is 0 Å². The van der Waals surface area contributed by atoms with Gasteiger partial charge in [-0.3, -0.25) is 4.57 Å². The predicted molar refractivity (Wildman–Crippen MR) is 92.6 cm³/mol. The molecule has 1 heterocycles. The van der Waals surface area contributed by atoms with Gasteiger partial charge in [0.15, 0.2) is 4.77 Å². The molecule has 0 aliphatic rings. The highest BCUT2D eigenvalue weighted by molar-refractivity contribution is 7.71. The number of nitrogens with zero attached hydrogens (tertiary/aromatic N) is 1. The Kier molecular flexibility index (Phi) is 3.82. The zero-order valence-electron chi connectivity index (χ0n) is 11.7. The first-order chi connectivity index (χ1) is 9.99. The van der Waals surface area contributed by atoms with Crippen LogP contribution in [0.15, 0.2) is 36.4 Å². The monoisotopic (exact) mass is 336 g/mol. The van der Waals surface area contributed by atoms with Crippen molar-refractivity contribution >= 4 is 46.5 Å². The number of nitrogens with one attached hydrogen (secondary N) is 1. The molecule has 21 heavy (non-hydrogen) atoms. The first kappa shape index (κ1) is 14.6. The lowest BCUT2D eigenvalue weighted by Gasteiger charge is -2.14. The smallest absolute Gasteiger partial charge is 0.182 e. The second-order valence-corrected chi connectivity index (χ2v) is 6.46. The standard InChI is InChI=1S/C16H14Cl2N2S/c1-9(2)10-5-3-4-6-14(10)20-15-8-12(18)11(17)7-13(15)19-16(20)21/h3-9H,1-2H3,(H,19,21). The fourth-order valence-electron chi connectivity index (χ4n) is 2.52. The Bertz CT molecular complexity index is 878. The van der Waals surface area contributed by atoms with E-state index in [4.69, 9.17) is 35.4 Å². The van der Waals surface area contributed by atoms with Crippen LogP contribution in [0.5, 0.6) is 0 Å². The van der Waals surface area contributed by atoms with Gasteiger partial charge < -0.3 is 4.98 Å². The normalized spacial score (nSPS) is 11.5. The lowest BCUT2D eigenvalue weighted by molar-refractivity contribution is 0.848. The van der Waals surface area contributed by atoms with Gasteiger partial charge in [-0.2, -0.15) is 0 Å². The van der Waals surface area contributed by atoms with Crippen LogP contribution in [0, 0.1) is 4.77 Å². The molecular formula is C16H14Cl2N2S. The second-order valence-electron chi connectivity index (χ2n) is 5.26. The average Bonchev–Trinajstić information content (AvgIpc) is 2.74. The topological polar surface area (TPSA) is 20.7 Å². The molecule has 0 aliphatic carbocycles. The summed E-state index contributed by atoms with van der Waals surface area (Å²) in [5, 5.41) is 1.04. The molecule has 0 saturated carbocycles. The third-order valence-electron chi connectivity index (χ3n) is 3.52. The molecule has 0 radical (unpaired) electrons. The maximum atomic E-state index is 6.17. The molecule has 0 spiro atoms. The minimum absolute atomic E-state index is 0.399. The molecule has 2 aromatic carbocycles. The van der Waals surface area contributed by atoms with Crippen LogP contribution in [-0.2, 0) is 0 Å². The molecule has 1 N–H and O–H groups in total. The van der Waals surface area contributed by atoms with Gasteiger partial charge in [-0.1, -0.05) is 55.2 Å². The molecule has 0 atom stereocenters. The summed E-state index contributed by atoms with van der Waals surface area (Å²) >= 11 is 17.7. The Morgan fingerprint density at radius 3 is 2.48 bits per heavy atom. The number of para-hydroxylation sites is 1. The lowest BCUT2D eigenvalue weighted by Crippen LogP contribution is -2.01. The van der Waals surface area contributed by atoms with Gasteiger partial charge >= 0.3 is 0 Å². The minimum Gasteiger partial charge on any atom is -0.330 e. The second kappa shape index (κ2) is 5.48. The first-order valence-corrected chi connectivity index (χ1v) is 7.84. The number of aromatic amines is 1. The van der Waals surface area contributed by atoms with Crippen LogP contribution >= 0.6 is 35.4 Å². The quantitative estimate of drug-likeness (QED) is 0.559. The fraction of sp³-hybridized carbons (Fsp3) is 0.188. The molecule has 0 unspecified atom stereocenters. The van der Waals surface area contributed by atoms with Gasteiger partial charge in [0.1, 0.15) is 0 Å². The van der Waals surface area contributed by atoms with E-state index < -0.39 is 0 Å². The van der Waals surface area contributed by atoms with Crippen LogP contribution in [0.2, 0.25) is 10.0 Å². The number of hydrogen-bond acceptors (Lipinski definition) is 1. The highest BCUT2D eigenvalue weighted by Crippen LogP contribution is 2.31. The Morgan fingerprint density at radius 1 is 1.10 bits per heavy atom. The molecule has 0 bridgehead atoms. The number of halogens is 2. The summed E-state index contributed by atoms with van der Waals surface area (Å²) in [6, 6.07) is 11.9. The number of fused-ring (bicyclic) bond motifs is 1. The van der Waals surface area contributed by atoms with Crippen molar-refractivity contribution in [2.45, 2.75) is 19.8 Å². The van der Waals surface area contributed by atoms with Crippen LogP contribution < -0.4 is 0 Å². The van der Waals surface area contributed by atoms with Crippen LogP contribution in [0.3, 0.4) is 0 Å². The highest BCUT2D eigenvalue weighted by Gasteiger charge is 2.13. The molecule has 0 aliphatic heterocycles. The zero-order valence-corrected chi connectivity index (χ0v) is 14.0. The van der Waals surface area contributed by atoms with Gasteiger partial charge in [0.05, 0.1) is 26.8 Å². The minimum atomic E-state index is 0.399. The Labute approximate surface area is 138 Å². The summed E-state index contributed by atoms with van der Waals surface area (Å²) in [6.45, 7) is 4.34. The fourth-order valence-corrected chi connectivity index (χ4v) is 3.15. The van der Waals surface area contributed by atoms with Crippen molar-refractivity contribution in [3.8, 4) is 5.69 Å². The third-order valence-corrected chi connectivity index (χ3v) is 4.53. The van der Waals surface area contributed by atoms with Gasteiger partial charge in [-0.25, -0.2) is 0 Å². The SMILES string of the molecule is CC(C)c1ccccc1-n1c(=S)[nH]c2cc(Cl)c(Cl)cc21. The number of rotatable bonds is 2. The predicted octanol–water partition coefficient (Wildman–Crippen LogP) is 6.12. The van der Waals surface area contributed by atoms with E-state index in [0.717, 1.165) is 16.7 Å². The van der Waals surface area contributed by atoms with Crippen molar-refractivity contribution in [3.05, 3.63) is 56.8 Å². The van der Waals surface area contributed by atoms with E-state index in [2.05, 4.69) is 31.0 Å². The maximum absolute atomic E-state index is 6.17. The third kappa shape index (κ3) is 2.50. The molecule has 2 nitrogen and oxygen atoms in total. The van der Waals surface area contributed by atoms with E-state index in [1.165, 1.54) is 5.56 Å².